The number of hydrogen-bond donors (Lipinski definition) is 0. The summed E-state index contributed by atoms with van der Waals surface area (Å²) in [5, 5.41) is 0. The summed E-state index contributed by atoms with van der Waals surface area (Å²) in [7, 11) is 6.88. The normalized spacial score (nSPS) is 20.1. The molecule has 7 heteroatoms. The Morgan fingerprint density at radius 2 is 1.11 bits per heavy atom. The topological polar surface area (TPSA) is 68.3 Å². The van der Waals surface area contributed by atoms with E-state index in [0.717, 1.165) is 39.3 Å². The van der Waals surface area contributed by atoms with E-state index in [2.05, 4.69) is 0 Å². The first kappa shape index (κ1) is 23.9. The van der Waals surface area contributed by atoms with Crippen molar-refractivity contribution in [2.45, 2.75) is 57.0 Å². The molecule has 3 rings (SSSR count). The zero-order valence-electron chi connectivity index (χ0n) is 17.6. The van der Waals surface area contributed by atoms with Crippen molar-refractivity contribution in [3.8, 4) is 0 Å². The molecular weight excluding hydrogens is 348 g/mol. The average molecular weight is 387 g/mol. The van der Waals surface area contributed by atoms with Gasteiger partial charge in [-0.1, -0.05) is 0 Å². The number of carbonyl (C=O) groups is 2. The van der Waals surface area contributed by atoms with Crippen LogP contribution in [0, 0.1) is 0 Å². The van der Waals surface area contributed by atoms with E-state index in [1.54, 1.807) is 38.0 Å². The largest absolute Gasteiger partial charge is 0.381 e. The molecule has 0 unspecified atom stereocenters. The van der Waals surface area contributed by atoms with Crippen LogP contribution in [0.2, 0.25) is 0 Å². The number of hydrogen-bond acceptors (Lipinski definition) is 5. The summed E-state index contributed by atoms with van der Waals surface area (Å²) in [4.78, 5) is 26.6. The van der Waals surface area contributed by atoms with E-state index in [4.69, 9.17) is 14.2 Å². The molecule has 158 valence electrons. The third kappa shape index (κ3) is 10.1. The smallest absolute Gasteiger partial charge is 0.224 e. The summed E-state index contributed by atoms with van der Waals surface area (Å²) in [6.45, 7) is 4.64. The maximum absolute atomic E-state index is 11.8. The predicted molar refractivity (Wildman–Crippen MR) is 105 cm³/mol. The van der Waals surface area contributed by atoms with Gasteiger partial charge in [0.1, 0.15) is 0 Å². The Hall–Kier alpha value is -1.18. The van der Waals surface area contributed by atoms with Gasteiger partial charge < -0.3 is 24.0 Å². The van der Waals surface area contributed by atoms with E-state index in [1.165, 1.54) is 25.7 Å². The molecule has 2 amide bonds. The van der Waals surface area contributed by atoms with Gasteiger partial charge in [-0.25, -0.2) is 0 Å². The minimum atomic E-state index is -0.581. The van der Waals surface area contributed by atoms with Gasteiger partial charge in [-0.3, -0.25) is 9.59 Å². The molecule has 0 radical (unpaired) electrons. The molecule has 0 bridgehead atoms. The molecule has 7 nitrogen and oxygen atoms in total. The van der Waals surface area contributed by atoms with Gasteiger partial charge in [-0.05, 0) is 38.5 Å². The lowest BCUT2D eigenvalue weighted by atomic mass is 9.91. The average Bonchev–Trinajstić information content (AvgIpc) is 3.40. The molecule has 3 saturated heterocycles. The number of nitrogens with zero attached hydrogens (tertiary/aromatic N) is 2. The Balaban J connectivity index is 0.000000291. The molecule has 0 aromatic carbocycles. The molecule has 3 heterocycles. The zero-order valence-corrected chi connectivity index (χ0v) is 17.6. The van der Waals surface area contributed by atoms with Gasteiger partial charge in [0, 0.05) is 61.2 Å². The Morgan fingerprint density at radius 1 is 0.704 bits per heavy atom. The van der Waals surface area contributed by atoms with Gasteiger partial charge >= 0.3 is 0 Å². The highest BCUT2D eigenvalue weighted by Gasteiger charge is 2.40. The van der Waals surface area contributed by atoms with Crippen molar-refractivity contribution in [3.63, 3.8) is 0 Å². The van der Waals surface area contributed by atoms with Crippen molar-refractivity contribution >= 4 is 11.8 Å². The molecule has 3 aliphatic rings. The van der Waals surface area contributed by atoms with Gasteiger partial charge in [-0.2, -0.15) is 0 Å². The van der Waals surface area contributed by atoms with Crippen molar-refractivity contribution in [2.24, 2.45) is 0 Å². The Labute approximate surface area is 164 Å². The van der Waals surface area contributed by atoms with Crippen LogP contribution in [0.25, 0.3) is 0 Å². The van der Waals surface area contributed by atoms with Gasteiger partial charge in [0.05, 0.1) is 18.4 Å². The highest BCUT2D eigenvalue weighted by atomic mass is 16.5. The minimum Gasteiger partial charge on any atom is -0.381 e. The maximum atomic E-state index is 11.8. The van der Waals surface area contributed by atoms with E-state index in [1.807, 2.05) is 0 Å². The second-order valence-electron chi connectivity index (χ2n) is 7.70. The Bertz CT molecular complexity index is 377. The van der Waals surface area contributed by atoms with Crippen LogP contribution in [0.3, 0.4) is 0 Å². The molecule has 0 aliphatic carbocycles. The molecule has 3 aliphatic heterocycles. The summed E-state index contributed by atoms with van der Waals surface area (Å²) in [5.74, 6) is 0.0249. The monoisotopic (exact) mass is 386 g/mol. The van der Waals surface area contributed by atoms with Gasteiger partial charge in [0.2, 0.25) is 11.8 Å². The third-order valence-electron chi connectivity index (χ3n) is 4.78. The summed E-state index contributed by atoms with van der Waals surface area (Å²) in [6, 6.07) is 0. The molecule has 3 fully saturated rings. The molecule has 0 aromatic rings. The minimum absolute atomic E-state index is 0.0125. The number of amides is 2. The summed E-state index contributed by atoms with van der Waals surface area (Å²) >= 11 is 0. The molecule has 0 N–H and O–H groups in total. The highest BCUT2D eigenvalue weighted by Crippen LogP contribution is 2.33. The van der Waals surface area contributed by atoms with Gasteiger partial charge in [0.25, 0.3) is 0 Å². The predicted octanol–water partition coefficient (Wildman–Crippen LogP) is 2.09. The molecule has 0 atom stereocenters. The number of rotatable bonds is 4. The summed E-state index contributed by atoms with van der Waals surface area (Å²) < 4.78 is 15.6. The fourth-order valence-electron chi connectivity index (χ4n) is 2.98. The van der Waals surface area contributed by atoms with E-state index in [9.17, 15) is 9.59 Å². The summed E-state index contributed by atoms with van der Waals surface area (Å²) in [6.07, 6.45) is 7.40. The fourth-order valence-corrected chi connectivity index (χ4v) is 2.98. The van der Waals surface area contributed by atoms with Crippen LogP contribution >= 0.6 is 0 Å². The van der Waals surface area contributed by atoms with Crippen LogP contribution < -0.4 is 0 Å². The number of ether oxygens (including phenoxy) is 3. The highest BCUT2D eigenvalue weighted by molar-refractivity contribution is 5.80. The van der Waals surface area contributed by atoms with Crippen molar-refractivity contribution < 1.29 is 23.8 Å². The van der Waals surface area contributed by atoms with Gasteiger partial charge in [0.15, 0.2) is 0 Å². The molecule has 0 aromatic heterocycles. The van der Waals surface area contributed by atoms with E-state index in [-0.39, 0.29) is 11.8 Å². The van der Waals surface area contributed by atoms with Gasteiger partial charge in [-0.15, -0.1) is 0 Å². The molecule has 0 saturated carbocycles. The van der Waals surface area contributed by atoms with Crippen LogP contribution in [-0.4, -0.2) is 88.4 Å². The van der Waals surface area contributed by atoms with Crippen LogP contribution in [-0.2, 0) is 23.8 Å². The first-order valence-corrected chi connectivity index (χ1v) is 10.1. The lowest BCUT2D eigenvalue weighted by Crippen LogP contribution is -2.40. The van der Waals surface area contributed by atoms with E-state index >= 15 is 0 Å². The lowest BCUT2D eigenvalue weighted by Gasteiger charge is -2.29. The Morgan fingerprint density at radius 3 is 1.33 bits per heavy atom. The first-order valence-electron chi connectivity index (χ1n) is 10.1. The quantitative estimate of drug-likeness (QED) is 0.740. The van der Waals surface area contributed by atoms with Crippen LogP contribution in [0.15, 0.2) is 0 Å². The first-order chi connectivity index (χ1) is 12.9. The summed E-state index contributed by atoms with van der Waals surface area (Å²) in [5.41, 5.74) is -0.581. The van der Waals surface area contributed by atoms with Crippen LogP contribution in [0.5, 0.6) is 0 Å². The van der Waals surface area contributed by atoms with Crippen molar-refractivity contribution in [2.75, 3.05) is 61.2 Å². The number of carbonyl (C=O) groups excluding carboxylic acids is 2. The zero-order chi connectivity index (χ0) is 20.1. The molecule has 27 heavy (non-hydrogen) atoms. The van der Waals surface area contributed by atoms with E-state index < -0.39 is 5.60 Å². The van der Waals surface area contributed by atoms with Crippen LogP contribution in [0.1, 0.15) is 51.4 Å². The standard InChI is InChI=1S/C12H22N2O3.2C4H8O/c1-13(2)10(15)8-12(6-5-7-17-12)9-11(16)14(3)4;2*1-2-4-5-3-1/h5-9H2,1-4H3;2*1-4H2. The second-order valence-corrected chi connectivity index (χ2v) is 7.70. The molecule has 0 spiro atoms. The Kier molecular flexibility index (Phi) is 11.6. The fraction of sp³-hybridized carbons (Fsp3) is 0.900. The van der Waals surface area contributed by atoms with Crippen LogP contribution in [0.4, 0.5) is 0 Å². The van der Waals surface area contributed by atoms with Crippen molar-refractivity contribution in [1.29, 1.82) is 0 Å². The van der Waals surface area contributed by atoms with Crippen molar-refractivity contribution in [3.05, 3.63) is 0 Å². The molecular formula is C20H38N2O5. The maximum Gasteiger partial charge on any atom is 0.224 e. The van der Waals surface area contributed by atoms with E-state index in [0.29, 0.717) is 19.4 Å². The SMILES string of the molecule is C1CCOC1.C1CCOC1.CN(C)C(=O)CC1(CC(=O)N(C)C)CCCO1. The second kappa shape index (κ2) is 13.1. The third-order valence-corrected chi connectivity index (χ3v) is 4.78. The van der Waals surface area contributed by atoms with Crippen molar-refractivity contribution in [1.82, 2.24) is 9.80 Å². The lowest BCUT2D eigenvalue weighted by molar-refractivity contribution is -0.140.